The molecule has 1 aliphatic carbocycles. The van der Waals surface area contributed by atoms with Gasteiger partial charge in [0, 0.05) is 49.8 Å². The predicted octanol–water partition coefficient (Wildman–Crippen LogP) is 8.14. The van der Waals surface area contributed by atoms with Gasteiger partial charge in [0.05, 0.1) is 5.69 Å². The fraction of sp³-hybridized carbons (Fsp3) is 0.364. The summed E-state index contributed by atoms with van der Waals surface area (Å²) < 4.78 is 0. The molecule has 195 valence electrons. The molecule has 0 bridgehead atoms. The summed E-state index contributed by atoms with van der Waals surface area (Å²) in [6, 6.07) is 24.8. The minimum absolute atomic E-state index is 0. The van der Waals surface area contributed by atoms with Gasteiger partial charge in [0.25, 0.3) is 0 Å². The van der Waals surface area contributed by atoms with Gasteiger partial charge in [-0.15, -0.1) is 70.8 Å². The van der Waals surface area contributed by atoms with Crippen molar-refractivity contribution < 1.29 is 20.1 Å². The number of aromatic nitrogens is 3. The Kier molecular flexibility index (Phi) is 8.88. The van der Waals surface area contributed by atoms with E-state index < -0.39 is 0 Å². The summed E-state index contributed by atoms with van der Waals surface area (Å²) in [4.78, 5) is 13.5. The fourth-order valence-corrected chi connectivity index (χ4v) is 4.58. The van der Waals surface area contributed by atoms with Crippen LogP contribution in [0.3, 0.4) is 0 Å². The number of benzene rings is 2. The average Bonchev–Trinajstić information content (AvgIpc) is 2.88. The molecule has 4 heteroatoms. The minimum atomic E-state index is 0. The summed E-state index contributed by atoms with van der Waals surface area (Å²) >= 11 is 0. The number of nitrogens with zero attached hydrogens (tertiary/aromatic N) is 3. The second-order valence-corrected chi connectivity index (χ2v) is 12.0. The first-order valence-corrected chi connectivity index (χ1v) is 12.8. The zero-order valence-corrected chi connectivity index (χ0v) is 25.4. The number of rotatable bonds is 2. The Labute approximate surface area is 236 Å². The first kappa shape index (κ1) is 28.9. The summed E-state index contributed by atoms with van der Waals surface area (Å²) in [6.45, 7) is 15.8. The first-order chi connectivity index (χ1) is 17.0. The molecular weight excluding hydrogens is 631 g/mol. The van der Waals surface area contributed by atoms with Crippen LogP contribution in [0, 0.1) is 12.1 Å². The van der Waals surface area contributed by atoms with E-state index in [1.807, 2.05) is 54.9 Å². The van der Waals surface area contributed by atoms with Crippen LogP contribution in [-0.4, -0.2) is 15.0 Å². The van der Waals surface area contributed by atoms with Gasteiger partial charge in [-0.25, -0.2) is 0 Å². The molecule has 2 aromatic carbocycles. The molecule has 0 fully saturated rings. The predicted molar refractivity (Wildman–Crippen MR) is 149 cm³/mol. The molecule has 0 amide bonds. The van der Waals surface area contributed by atoms with E-state index >= 15 is 0 Å². The monoisotopic (exact) mass is 668 g/mol. The van der Waals surface area contributed by atoms with Crippen LogP contribution in [0.15, 0.2) is 73.2 Å². The van der Waals surface area contributed by atoms with Gasteiger partial charge in [-0.3, -0.25) is 4.98 Å². The topological polar surface area (TPSA) is 38.7 Å². The summed E-state index contributed by atoms with van der Waals surface area (Å²) in [7, 11) is 0. The number of hydrogen-bond donors (Lipinski definition) is 0. The molecule has 0 unspecified atom stereocenters. The first-order valence-electron chi connectivity index (χ1n) is 12.8. The van der Waals surface area contributed by atoms with Crippen molar-refractivity contribution in [3.63, 3.8) is 0 Å². The Bertz CT molecular complexity index is 1250. The molecule has 2 aromatic heterocycles. The van der Waals surface area contributed by atoms with Crippen molar-refractivity contribution in [2.45, 2.75) is 77.6 Å². The van der Waals surface area contributed by atoms with Crippen LogP contribution in [-0.2, 0) is 36.4 Å². The summed E-state index contributed by atoms with van der Waals surface area (Å²) in [5.74, 6) is 0. The van der Waals surface area contributed by atoms with Crippen molar-refractivity contribution >= 4 is 0 Å². The molecule has 5 rings (SSSR count). The largest absolute Gasteiger partial charge is 0.305 e. The number of pyridine rings is 1. The molecule has 4 aromatic rings. The molecule has 0 saturated carbocycles. The van der Waals surface area contributed by atoms with Crippen LogP contribution >= 0.6 is 0 Å². The van der Waals surface area contributed by atoms with E-state index in [2.05, 4.69) is 87.7 Å². The smallest absolute Gasteiger partial charge is 0.0620 e. The van der Waals surface area contributed by atoms with E-state index in [1.54, 1.807) is 6.20 Å². The normalized spacial score (nSPS) is 15.4. The van der Waals surface area contributed by atoms with Gasteiger partial charge in [0.1, 0.15) is 0 Å². The fourth-order valence-electron chi connectivity index (χ4n) is 4.58. The van der Waals surface area contributed by atoms with Crippen LogP contribution in [0.1, 0.15) is 78.1 Å². The molecule has 0 spiro atoms. The zero-order valence-electron chi connectivity index (χ0n) is 23.0. The Balaban J connectivity index is 0.000000246. The van der Waals surface area contributed by atoms with Gasteiger partial charge in [-0.2, -0.15) is 0 Å². The van der Waals surface area contributed by atoms with Crippen molar-refractivity contribution in [1.29, 1.82) is 0 Å². The van der Waals surface area contributed by atoms with Crippen molar-refractivity contribution in [3.05, 3.63) is 102 Å². The van der Waals surface area contributed by atoms with E-state index in [0.717, 1.165) is 28.2 Å². The molecule has 0 atom stereocenters. The van der Waals surface area contributed by atoms with Gasteiger partial charge >= 0.3 is 0 Å². The minimum Gasteiger partial charge on any atom is -0.305 e. The Morgan fingerprint density at radius 1 is 0.730 bits per heavy atom. The number of hydrogen-bond acceptors (Lipinski definition) is 3. The molecule has 37 heavy (non-hydrogen) atoms. The van der Waals surface area contributed by atoms with E-state index in [9.17, 15) is 0 Å². The third kappa shape index (κ3) is 6.80. The standard InChI is InChI=1S/C22H29N2.C11H8N.Ir/c1-20(2,3)19-14-23-18(13-24-19)15-8-9-16-17(12-15)22(6,7)11-10-21(16,4)5;1-2-6-10(7-3-1)11-8-4-5-9-12-11;/h9,12-14H,10-11H2,1-7H3;1-6,8-9H;/q2*-1;. The summed E-state index contributed by atoms with van der Waals surface area (Å²) in [5.41, 5.74) is 8.31. The van der Waals surface area contributed by atoms with Crippen molar-refractivity contribution in [1.82, 2.24) is 15.0 Å². The zero-order chi connectivity index (χ0) is 26.0. The van der Waals surface area contributed by atoms with Crippen molar-refractivity contribution in [3.8, 4) is 22.5 Å². The molecule has 1 aliphatic rings. The van der Waals surface area contributed by atoms with Gasteiger partial charge in [-0.1, -0.05) is 67.0 Å². The van der Waals surface area contributed by atoms with E-state index in [-0.39, 0.29) is 36.4 Å². The summed E-state index contributed by atoms with van der Waals surface area (Å²) in [6.07, 6.45) is 8.01. The van der Waals surface area contributed by atoms with Crippen molar-refractivity contribution in [2.24, 2.45) is 0 Å². The number of fused-ring (bicyclic) bond motifs is 1. The Hall–Kier alpha value is -2.68. The molecule has 1 radical (unpaired) electrons. The molecule has 3 nitrogen and oxygen atoms in total. The van der Waals surface area contributed by atoms with Crippen LogP contribution in [0.4, 0.5) is 0 Å². The SMILES string of the molecule is CC(C)(C)c1cnc(-c2[c-]cc3c(c2)C(C)(C)CCC3(C)C)cn1.[Ir].[c-]1ccccc1-c1ccccn1. The van der Waals surface area contributed by atoms with Crippen LogP contribution in [0.5, 0.6) is 0 Å². The average molecular weight is 668 g/mol. The maximum atomic E-state index is 4.65. The third-order valence-electron chi connectivity index (χ3n) is 7.13. The molecule has 0 N–H and O–H groups in total. The van der Waals surface area contributed by atoms with E-state index in [4.69, 9.17) is 0 Å². The molecular formula is C33H37IrN3-2. The van der Waals surface area contributed by atoms with Crippen molar-refractivity contribution in [2.75, 3.05) is 0 Å². The van der Waals surface area contributed by atoms with Gasteiger partial charge in [0.15, 0.2) is 0 Å². The second kappa shape index (κ2) is 11.4. The quantitative estimate of drug-likeness (QED) is 0.203. The molecule has 0 aliphatic heterocycles. The van der Waals surface area contributed by atoms with E-state index in [0.29, 0.717) is 0 Å². The van der Waals surface area contributed by atoms with Gasteiger partial charge in [0.2, 0.25) is 0 Å². The third-order valence-corrected chi connectivity index (χ3v) is 7.13. The molecule has 0 saturated heterocycles. The van der Waals surface area contributed by atoms with Crippen LogP contribution in [0.2, 0.25) is 0 Å². The summed E-state index contributed by atoms with van der Waals surface area (Å²) in [5, 5.41) is 0. The second-order valence-electron chi connectivity index (χ2n) is 12.0. The van der Waals surface area contributed by atoms with Crippen LogP contribution in [0.25, 0.3) is 22.5 Å². The van der Waals surface area contributed by atoms with Crippen LogP contribution < -0.4 is 0 Å². The maximum Gasteiger partial charge on any atom is 0.0620 e. The van der Waals surface area contributed by atoms with Gasteiger partial charge < -0.3 is 9.97 Å². The maximum absolute atomic E-state index is 4.65. The van der Waals surface area contributed by atoms with E-state index in [1.165, 1.54) is 24.0 Å². The Morgan fingerprint density at radius 3 is 2.00 bits per heavy atom. The molecule has 2 heterocycles. The van der Waals surface area contributed by atoms with Gasteiger partial charge in [-0.05, 0) is 29.0 Å². The Morgan fingerprint density at radius 2 is 1.43 bits per heavy atom.